The minimum atomic E-state index is -3.80. The zero-order chi connectivity index (χ0) is 20.3. The van der Waals surface area contributed by atoms with Crippen LogP contribution in [-0.4, -0.2) is 40.4 Å². The number of anilines is 3. The normalized spacial score (nSPS) is 11.4. The standard InChI is InChI=1S/C15H15F2N7O3S/c1-2-5-28(26,27)24-10-4-3-9(16)12(11(10)17)21-15(25)22-13-8-6-20-23-14(8)19-7-18-13/h3-4,6-7,24H,2,5H2,1H3,(H3,18,19,20,21,22,23,25). The molecule has 0 aliphatic rings. The van der Waals surface area contributed by atoms with E-state index in [-0.39, 0.29) is 11.6 Å². The van der Waals surface area contributed by atoms with Crippen LogP contribution in [0.1, 0.15) is 13.3 Å². The number of nitrogens with zero attached hydrogens (tertiary/aromatic N) is 3. The predicted octanol–water partition coefficient (Wildman–Crippen LogP) is 2.43. The lowest BCUT2D eigenvalue weighted by molar-refractivity contribution is 0.262. The van der Waals surface area contributed by atoms with Gasteiger partial charge in [-0.2, -0.15) is 5.10 Å². The second kappa shape index (κ2) is 7.72. The molecule has 0 aliphatic carbocycles. The quantitative estimate of drug-likeness (QED) is 0.491. The van der Waals surface area contributed by atoms with Gasteiger partial charge in [-0.1, -0.05) is 6.92 Å². The monoisotopic (exact) mass is 411 g/mol. The summed E-state index contributed by atoms with van der Waals surface area (Å²) in [6, 6.07) is 0.773. The van der Waals surface area contributed by atoms with Gasteiger partial charge in [0.1, 0.15) is 23.6 Å². The van der Waals surface area contributed by atoms with Gasteiger partial charge in [-0.15, -0.1) is 0 Å². The summed E-state index contributed by atoms with van der Waals surface area (Å²) in [5.41, 5.74) is -0.939. The molecule has 0 bridgehead atoms. The van der Waals surface area contributed by atoms with E-state index in [1.165, 1.54) is 12.5 Å². The van der Waals surface area contributed by atoms with E-state index in [0.717, 1.165) is 12.1 Å². The number of rotatable bonds is 6. The van der Waals surface area contributed by atoms with Gasteiger partial charge in [0.15, 0.2) is 11.5 Å². The summed E-state index contributed by atoms with van der Waals surface area (Å²) >= 11 is 0. The van der Waals surface area contributed by atoms with Crippen molar-refractivity contribution in [3.63, 3.8) is 0 Å². The Kier molecular flexibility index (Phi) is 5.35. The van der Waals surface area contributed by atoms with E-state index in [1.807, 2.05) is 10.0 Å². The van der Waals surface area contributed by atoms with Gasteiger partial charge in [0.05, 0.1) is 23.0 Å². The molecule has 28 heavy (non-hydrogen) atoms. The zero-order valence-electron chi connectivity index (χ0n) is 14.5. The van der Waals surface area contributed by atoms with Crippen molar-refractivity contribution >= 4 is 44.3 Å². The molecule has 0 unspecified atom stereocenters. The van der Waals surface area contributed by atoms with E-state index in [2.05, 4.69) is 25.5 Å². The molecule has 0 aliphatic heterocycles. The number of carbonyl (C=O) groups is 1. The molecule has 2 amide bonds. The van der Waals surface area contributed by atoms with E-state index < -0.39 is 39.1 Å². The first-order chi connectivity index (χ1) is 13.3. The first-order valence-electron chi connectivity index (χ1n) is 8.01. The lowest BCUT2D eigenvalue weighted by Gasteiger charge is -2.13. The molecule has 0 fully saturated rings. The van der Waals surface area contributed by atoms with Crippen molar-refractivity contribution in [2.45, 2.75) is 13.3 Å². The number of hydrogen-bond donors (Lipinski definition) is 4. The van der Waals surface area contributed by atoms with Crippen LogP contribution in [0.2, 0.25) is 0 Å². The third kappa shape index (κ3) is 4.14. The average molecular weight is 411 g/mol. The summed E-state index contributed by atoms with van der Waals surface area (Å²) in [5, 5.41) is 11.1. The molecule has 4 N–H and O–H groups in total. The average Bonchev–Trinajstić information content (AvgIpc) is 3.11. The number of halogens is 2. The van der Waals surface area contributed by atoms with Crippen LogP contribution in [0.15, 0.2) is 24.7 Å². The zero-order valence-corrected chi connectivity index (χ0v) is 15.3. The summed E-state index contributed by atoms with van der Waals surface area (Å²) in [6.07, 6.45) is 2.85. The molecule has 1 aromatic carbocycles. The maximum atomic E-state index is 14.6. The number of hydrogen-bond acceptors (Lipinski definition) is 6. The first kappa shape index (κ1) is 19.4. The van der Waals surface area contributed by atoms with Crippen LogP contribution < -0.4 is 15.4 Å². The van der Waals surface area contributed by atoms with Gasteiger partial charge in [0.25, 0.3) is 0 Å². The van der Waals surface area contributed by atoms with Crippen molar-refractivity contribution in [1.29, 1.82) is 0 Å². The molecular formula is C15H15F2N7O3S. The fourth-order valence-electron chi connectivity index (χ4n) is 2.35. The van der Waals surface area contributed by atoms with Crippen molar-refractivity contribution < 1.29 is 22.0 Å². The molecule has 0 saturated heterocycles. The molecule has 3 rings (SSSR count). The van der Waals surface area contributed by atoms with Crippen LogP contribution in [0.3, 0.4) is 0 Å². The smallest absolute Gasteiger partial charge is 0.302 e. The molecule has 0 spiro atoms. The van der Waals surface area contributed by atoms with Crippen molar-refractivity contribution in [3.8, 4) is 0 Å². The van der Waals surface area contributed by atoms with E-state index in [0.29, 0.717) is 17.5 Å². The van der Waals surface area contributed by atoms with E-state index in [4.69, 9.17) is 0 Å². The lowest BCUT2D eigenvalue weighted by atomic mass is 10.2. The molecule has 10 nitrogen and oxygen atoms in total. The molecular weight excluding hydrogens is 396 g/mol. The molecule has 0 saturated carbocycles. The minimum Gasteiger partial charge on any atom is -0.302 e. The number of H-pyrrole nitrogens is 1. The maximum absolute atomic E-state index is 14.6. The summed E-state index contributed by atoms with van der Waals surface area (Å²) in [4.78, 5) is 19.9. The van der Waals surface area contributed by atoms with Gasteiger partial charge in [-0.25, -0.2) is 32.0 Å². The Bertz CT molecular complexity index is 1130. The van der Waals surface area contributed by atoms with Crippen LogP contribution in [0.5, 0.6) is 0 Å². The van der Waals surface area contributed by atoms with E-state index in [1.54, 1.807) is 6.92 Å². The number of amides is 2. The fourth-order valence-corrected chi connectivity index (χ4v) is 3.48. The Hall–Kier alpha value is -3.35. The second-order valence-corrected chi connectivity index (χ2v) is 7.48. The molecule has 0 radical (unpaired) electrons. The topological polar surface area (TPSA) is 142 Å². The van der Waals surface area contributed by atoms with Gasteiger partial charge in [-0.3, -0.25) is 15.1 Å². The van der Waals surface area contributed by atoms with Crippen molar-refractivity contribution in [1.82, 2.24) is 20.2 Å². The Morgan fingerprint density at radius 2 is 2.00 bits per heavy atom. The molecule has 2 heterocycles. The molecule has 3 aromatic rings. The number of urea groups is 1. The molecule has 0 atom stereocenters. The highest BCUT2D eigenvalue weighted by atomic mass is 32.2. The Labute approximate surface area is 157 Å². The fraction of sp³-hybridized carbons (Fsp3) is 0.200. The number of benzene rings is 1. The van der Waals surface area contributed by atoms with Gasteiger partial charge in [-0.05, 0) is 18.6 Å². The van der Waals surface area contributed by atoms with Crippen LogP contribution in [0.4, 0.5) is 30.8 Å². The molecule has 13 heteroatoms. The van der Waals surface area contributed by atoms with E-state index >= 15 is 0 Å². The third-order valence-corrected chi connectivity index (χ3v) is 5.02. The van der Waals surface area contributed by atoms with Crippen LogP contribution >= 0.6 is 0 Å². The van der Waals surface area contributed by atoms with Crippen molar-refractivity contribution in [2.75, 3.05) is 21.1 Å². The highest BCUT2D eigenvalue weighted by molar-refractivity contribution is 7.92. The number of sulfonamides is 1. The summed E-state index contributed by atoms with van der Waals surface area (Å²) < 4.78 is 54.2. The lowest BCUT2D eigenvalue weighted by Crippen LogP contribution is -2.23. The highest BCUT2D eigenvalue weighted by Gasteiger charge is 2.20. The SMILES string of the molecule is CCCS(=O)(=O)Nc1ccc(F)c(NC(=O)Nc2ncnc3[nH]ncc23)c1F. The van der Waals surface area contributed by atoms with Crippen molar-refractivity contribution in [2.24, 2.45) is 0 Å². The molecule has 2 aromatic heterocycles. The number of nitrogens with one attached hydrogen (secondary N) is 4. The van der Waals surface area contributed by atoms with Crippen LogP contribution in [0.25, 0.3) is 11.0 Å². The first-order valence-corrected chi connectivity index (χ1v) is 9.66. The third-order valence-electron chi connectivity index (χ3n) is 3.55. The maximum Gasteiger partial charge on any atom is 0.325 e. The van der Waals surface area contributed by atoms with Gasteiger partial charge in [0, 0.05) is 0 Å². The number of carbonyl (C=O) groups excluding carboxylic acids is 1. The predicted molar refractivity (Wildman–Crippen MR) is 98.4 cm³/mol. The highest BCUT2D eigenvalue weighted by Crippen LogP contribution is 2.27. The Morgan fingerprint density at radius 3 is 2.75 bits per heavy atom. The minimum absolute atomic E-state index is 0.0665. The van der Waals surface area contributed by atoms with Crippen molar-refractivity contribution in [3.05, 3.63) is 36.3 Å². The molecule has 148 valence electrons. The van der Waals surface area contributed by atoms with E-state index in [9.17, 15) is 22.0 Å². The van der Waals surface area contributed by atoms with Crippen LogP contribution in [-0.2, 0) is 10.0 Å². The Balaban J connectivity index is 1.82. The number of aromatic amines is 1. The number of aromatic nitrogens is 4. The van der Waals surface area contributed by atoms with Gasteiger partial charge >= 0.3 is 6.03 Å². The Morgan fingerprint density at radius 1 is 1.21 bits per heavy atom. The summed E-state index contributed by atoms with van der Waals surface area (Å²) in [5.74, 6) is -2.51. The van der Waals surface area contributed by atoms with Gasteiger partial charge in [0.2, 0.25) is 10.0 Å². The number of fused-ring (bicyclic) bond motifs is 1. The largest absolute Gasteiger partial charge is 0.325 e. The second-order valence-electron chi connectivity index (χ2n) is 5.64. The summed E-state index contributed by atoms with van der Waals surface area (Å²) in [7, 11) is -3.80. The van der Waals surface area contributed by atoms with Gasteiger partial charge < -0.3 is 5.32 Å². The summed E-state index contributed by atoms with van der Waals surface area (Å²) in [6.45, 7) is 1.64. The van der Waals surface area contributed by atoms with Crippen LogP contribution in [0, 0.1) is 11.6 Å².